The second-order valence-corrected chi connectivity index (χ2v) is 9.59. The van der Waals surface area contributed by atoms with Crippen LogP contribution in [0.1, 0.15) is 33.6 Å². The molecule has 1 rings (SSSR count). The summed E-state index contributed by atoms with van der Waals surface area (Å²) in [6, 6.07) is -2.75. The maximum atomic E-state index is 13.2. The quantitative estimate of drug-likeness (QED) is 0.121. The highest BCUT2D eigenvalue weighted by molar-refractivity contribution is 8.13. The van der Waals surface area contributed by atoms with E-state index in [1.165, 1.54) is 6.92 Å². The first-order valence-electron chi connectivity index (χ1n) is 10.8. The molecule has 198 valence electrons. The summed E-state index contributed by atoms with van der Waals surface area (Å²) < 4.78 is 0. The van der Waals surface area contributed by atoms with Gasteiger partial charge >= 0.3 is 11.9 Å². The fourth-order valence-corrected chi connectivity index (χ4v) is 4.50. The second kappa shape index (κ2) is 12.8. The van der Waals surface area contributed by atoms with Crippen molar-refractivity contribution in [3.63, 3.8) is 0 Å². The fraction of sp³-hybridized carbons (Fsp3) is 0.700. The number of aliphatic hydroxyl groups excluding tert-OH is 2. The van der Waals surface area contributed by atoms with E-state index in [0.717, 1.165) is 0 Å². The van der Waals surface area contributed by atoms with Crippen LogP contribution in [0.5, 0.6) is 0 Å². The molecule has 0 bridgehead atoms. The predicted molar refractivity (Wildman–Crippen MR) is 122 cm³/mol. The lowest BCUT2D eigenvalue weighted by atomic mass is 9.81. The lowest BCUT2D eigenvalue weighted by Gasteiger charge is -2.37. The van der Waals surface area contributed by atoms with Gasteiger partial charge in [-0.3, -0.25) is 28.8 Å². The van der Waals surface area contributed by atoms with E-state index in [1.807, 2.05) is 0 Å². The van der Waals surface area contributed by atoms with Gasteiger partial charge < -0.3 is 42.1 Å². The molecule has 15 heteroatoms. The third-order valence-electron chi connectivity index (χ3n) is 5.57. The lowest BCUT2D eigenvalue weighted by molar-refractivity contribution is -0.139. The Morgan fingerprint density at radius 2 is 1.80 bits per heavy atom. The Morgan fingerprint density at radius 3 is 2.26 bits per heavy atom. The Morgan fingerprint density at radius 1 is 1.20 bits per heavy atom. The molecule has 1 fully saturated rings. The summed E-state index contributed by atoms with van der Waals surface area (Å²) in [6.07, 6.45) is -3.65. The van der Waals surface area contributed by atoms with Gasteiger partial charge in [-0.05, 0) is 12.3 Å². The van der Waals surface area contributed by atoms with Crippen LogP contribution in [-0.4, -0.2) is 97.3 Å². The Bertz CT molecular complexity index is 854. The standard InChI is InChI=1S/C20H32N4O10S/c1-8(2)14(28)20(15(29)9(3)16(30)24-20)19(34)35-7-11(17(31)22-6-13(26)27)23-12(25)5-4-10(21)18(32)33/h8-11,14-15,28-29H,4-7,21H2,1-3H3,(H,22,31)(H,23,25)(H,24,30)(H,26,27)(H,32,33)/t9-,10?,11?,14+,15+,20-/m1/s1. The number of nitrogens with two attached hydrogens (primary N) is 1. The summed E-state index contributed by atoms with van der Waals surface area (Å²) in [5.74, 6) is -7.03. The SMILES string of the molecule is CC(C)[C@H](O)[C@@]1(C(=O)SCC(NC(=O)CCC(N)C(=O)O)C(=O)NCC(=O)O)NC(=O)[C@H](C)[C@@H]1O. The van der Waals surface area contributed by atoms with Crippen molar-refractivity contribution in [1.29, 1.82) is 0 Å². The number of aliphatic hydroxyl groups is 2. The van der Waals surface area contributed by atoms with Crippen molar-refractivity contribution >= 4 is 46.5 Å². The number of carboxylic acid groups (broad SMARTS) is 2. The number of hydrogen-bond acceptors (Lipinski definition) is 10. The monoisotopic (exact) mass is 520 g/mol. The molecule has 1 aliphatic rings. The molecule has 6 atom stereocenters. The molecule has 2 unspecified atom stereocenters. The molecule has 3 amide bonds. The number of amides is 3. The highest BCUT2D eigenvalue weighted by atomic mass is 32.2. The van der Waals surface area contributed by atoms with Crippen molar-refractivity contribution in [3.05, 3.63) is 0 Å². The van der Waals surface area contributed by atoms with E-state index in [9.17, 15) is 39.0 Å². The summed E-state index contributed by atoms with van der Waals surface area (Å²) in [4.78, 5) is 71.6. The van der Waals surface area contributed by atoms with Gasteiger partial charge in [0, 0.05) is 12.2 Å². The van der Waals surface area contributed by atoms with E-state index >= 15 is 0 Å². The van der Waals surface area contributed by atoms with Gasteiger partial charge in [0.15, 0.2) is 5.54 Å². The zero-order valence-electron chi connectivity index (χ0n) is 19.5. The molecule has 0 aromatic heterocycles. The third kappa shape index (κ3) is 7.62. The van der Waals surface area contributed by atoms with E-state index in [4.69, 9.17) is 15.9 Å². The van der Waals surface area contributed by atoms with Crippen molar-refractivity contribution < 1.29 is 49.2 Å². The molecule has 0 spiro atoms. The summed E-state index contributed by atoms with van der Waals surface area (Å²) >= 11 is 0.453. The van der Waals surface area contributed by atoms with Crippen LogP contribution in [0.25, 0.3) is 0 Å². The number of carbonyl (C=O) groups is 6. The lowest BCUT2D eigenvalue weighted by Crippen LogP contribution is -2.64. The number of aliphatic carboxylic acids is 2. The number of thioether (sulfide) groups is 1. The van der Waals surface area contributed by atoms with E-state index in [2.05, 4.69) is 16.0 Å². The van der Waals surface area contributed by atoms with Gasteiger partial charge in [0.1, 0.15) is 18.6 Å². The van der Waals surface area contributed by atoms with Gasteiger partial charge in [0.05, 0.1) is 18.1 Å². The number of rotatable bonds is 13. The predicted octanol–water partition coefficient (Wildman–Crippen LogP) is -2.99. The minimum atomic E-state index is -2.06. The van der Waals surface area contributed by atoms with Crippen LogP contribution < -0.4 is 21.7 Å². The molecule has 14 nitrogen and oxygen atoms in total. The summed E-state index contributed by atoms with van der Waals surface area (Å²) in [5, 5.41) is 44.8. The Balaban J connectivity index is 3.04. The number of carboxylic acids is 2. The molecule has 1 saturated heterocycles. The van der Waals surface area contributed by atoms with Crippen molar-refractivity contribution in [2.24, 2.45) is 17.6 Å². The second-order valence-electron chi connectivity index (χ2n) is 8.59. The van der Waals surface area contributed by atoms with Gasteiger partial charge in [-0.1, -0.05) is 32.5 Å². The van der Waals surface area contributed by atoms with E-state index < -0.39 is 88.7 Å². The summed E-state index contributed by atoms with van der Waals surface area (Å²) in [7, 11) is 0. The molecule has 1 aliphatic heterocycles. The number of hydrogen-bond donors (Lipinski definition) is 8. The largest absolute Gasteiger partial charge is 0.480 e. The van der Waals surface area contributed by atoms with Crippen LogP contribution in [0.15, 0.2) is 0 Å². The van der Waals surface area contributed by atoms with E-state index in [1.54, 1.807) is 13.8 Å². The van der Waals surface area contributed by atoms with Crippen LogP contribution in [0, 0.1) is 11.8 Å². The van der Waals surface area contributed by atoms with Crippen LogP contribution in [0.2, 0.25) is 0 Å². The van der Waals surface area contributed by atoms with Crippen molar-refractivity contribution in [1.82, 2.24) is 16.0 Å². The third-order valence-corrected chi connectivity index (χ3v) is 6.67. The number of nitrogens with one attached hydrogen (secondary N) is 3. The fourth-order valence-electron chi connectivity index (χ4n) is 3.42. The molecule has 0 saturated carbocycles. The van der Waals surface area contributed by atoms with Crippen molar-refractivity contribution in [2.75, 3.05) is 12.3 Å². The van der Waals surface area contributed by atoms with Gasteiger partial charge in [-0.2, -0.15) is 0 Å². The average Bonchev–Trinajstić information content (AvgIpc) is 3.02. The zero-order valence-corrected chi connectivity index (χ0v) is 20.3. The van der Waals surface area contributed by atoms with E-state index in [-0.39, 0.29) is 12.8 Å². The minimum absolute atomic E-state index is 0.240. The molecular formula is C20H32N4O10S. The topological polar surface area (TPSA) is 245 Å². The molecule has 0 aromatic carbocycles. The zero-order chi connectivity index (χ0) is 27.1. The van der Waals surface area contributed by atoms with Gasteiger partial charge in [0.25, 0.3) is 0 Å². The molecule has 35 heavy (non-hydrogen) atoms. The first-order chi connectivity index (χ1) is 16.1. The molecule has 1 heterocycles. The Hall–Kier alpha value is -2.75. The summed E-state index contributed by atoms with van der Waals surface area (Å²) in [5.41, 5.74) is 3.29. The maximum absolute atomic E-state index is 13.2. The maximum Gasteiger partial charge on any atom is 0.322 e. The first kappa shape index (κ1) is 30.3. The first-order valence-corrected chi connectivity index (χ1v) is 11.8. The van der Waals surface area contributed by atoms with Gasteiger partial charge in [-0.15, -0.1) is 0 Å². The van der Waals surface area contributed by atoms with Crippen LogP contribution in [0.4, 0.5) is 0 Å². The minimum Gasteiger partial charge on any atom is -0.480 e. The normalized spacial score (nSPS) is 24.3. The smallest absolute Gasteiger partial charge is 0.322 e. The average molecular weight is 521 g/mol. The molecule has 0 aliphatic carbocycles. The molecule has 0 aromatic rings. The molecule has 9 N–H and O–H groups in total. The van der Waals surface area contributed by atoms with Crippen LogP contribution in [-0.2, 0) is 28.8 Å². The van der Waals surface area contributed by atoms with Crippen molar-refractivity contribution in [3.8, 4) is 0 Å². The van der Waals surface area contributed by atoms with Gasteiger partial charge in [0.2, 0.25) is 22.8 Å². The van der Waals surface area contributed by atoms with E-state index in [0.29, 0.717) is 11.8 Å². The molecule has 0 radical (unpaired) electrons. The number of carbonyl (C=O) groups excluding carboxylic acids is 4. The molecular weight excluding hydrogens is 488 g/mol. The Labute approximate surface area is 205 Å². The van der Waals surface area contributed by atoms with Gasteiger partial charge in [-0.25, -0.2) is 0 Å². The highest BCUT2D eigenvalue weighted by Gasteiger charge is 2.60. The summed E-state index contributed by atoms with van der Waals surface area (Å²) in [6.45, 7) is 3.78. The Kier molecular flexibility index (Phi) is 11.1. The van der Waals surface area contributed by atoms with Crippen molar-refractivity contribution in [2.45, 2.75) is 63.4 Å². The van der Waals surface area contributed by atoms with Crippen LogP contribution >= 0.6 is 11.8 Å². The highest BCUT2D eigenvalue weighted by Crippen LogP contribution is 2.36. The van der Waals surface area contributed by atoms with Crippen LogP contribution in [0.3, 0.4) is 0 Å².